The molecular formula is C22H29N3O4S. The number of H-pyrrole nitrogens is 1. The second kappa shape index (κ2) is 10.2. The summed E-state index contributed by atoms with van der Waals surface area (Å²) < 4.78 is 10.3. The summed E-state index contributed by atoms with van der Waals surface area (Å²) in [6.07, 6.45) is -0.592. The van der Waals surface area contributed by atoms with E-state index in [-0.39, 0.29) is 12.2 Å². The first-order valence-corrected chi connectivity index (χ1v) is 10.8. The Kier molecular flexibility index (Phi) is 7.60. The number of ether oxygens (including phenoxy) is 2. The van der Waals surface area contributed by atoms with Gasteiger partial charge in [0.1, 0.15) is 16.4 Å². The lowest BCUT2D eigenvalue weighted by Crippen LogP contribution is -2.37. The van der Waals surface area contributed by atoms with Gasteiger partial charge in [0.2, 0.25) is 0 Å². The standard InChI is InChI=1S/C22H29N3O4S/c1-14(2)9-25(10-16(26)12-28-3)11-19-23-21(27)20-18(13-30-22(20)24-19)15-6-5-7-17(8-15)29-4/h5-8,13-14,16,26H,9-12H2,1-4H3,(H,23,24,27). The third-order valence-electron chi connectivity index (χ3n) is 4.70. The SMILES string of the molecule is COCC(O)CN(Cc1nc2scc(-c3cccc(OC)c3)c2c(=O)[nH]1)CC(C)C. The van der Waals surface area contributed by atoms with Gasteiger partial charge in [0.25, 0.3) is 5.56 Å². The van der Waals surface area contributed by atoms with Crippen LogP contribution in [0.5, 0.6) is 5.75 Å². The van der Waals surface area contributed by atoms with Crippen LogP contribution in [0, 0.1) is 5.92 Å². The van der Waals surface area contributed by atoms with Gasteiger partial charge < -0.3 is 19.6 Å². The van der Waals surface area contributed by atoms with Crippen LogP contribution in [0.3, 0.4) is 0 Å². The average Bonchev–Trinajstić information content (AvgIpc) is 3.12. The van der Waals surface area contributed by atoms with Crippen molar-refractivity contribution in [2.75, 3.05) is 33.9 Å². The zero-order valence-corrected chi connectivity index (χ0v) is 18.7. The number of nitrogens with one attached hydrogen (secondary N) is 1. The molecule has 1 unspecified atom stereocenters. The fourth-order valence-electron chi connectivity index (χ4n) is 3.55. The van der Waals surface area contributed by atoms with E-state index in [2.05, 4.69) is 23.7 Å². The highest BCUT2D eigenvalue weighted by atomic mass is 32.1. The largest absolute Gasteiger partial charge is 0.497 e. The lowest BCUT2D eigenvalue weighted by Gasteiger charge is -2.26. The second-order valence-electron chi connectivity index (χ2n) is 7.77. The molecule has 2 N–H and O–H groups in total. The summed E-state index contributed by atoms with van der Waals surface area (Å²) in [5.41, 5.74) is 1.62. The van der Waals surface area contributed by atoms with Gasteiger partial charge in [0, 0.05) is 31.1 Å². The summed E-state index contributed by atoms with van der Waals surface area (Å²) in [5.74, 6) is 1.75. The number of hydrogen-bond acceptors (Lipinski definition) is 7. The van der Waals surface area contributed by atoms with Crippen LogP contribution in [0.4, 0.5) is 0 Å². The fraction of sp³-hybridized carbons (Fsp3) is 0.455. The summed E-state index contributed by atoms with van der Waals surface area (Å²) in [6.45, 7) is 6.20. The molecule has 8 heteroatoms. The van der Waals surface area contributed by atoms with Crippen LogP contribution in [-0.4, -0.2) is 60.0 Å². The number of aromatic amines is 1. The number of aromatic nitrogens is 2. The number of aliphatic hydroxyl groups excluding tert-OH is 1. The normalized spacial score (nSPS) is 12.8. The van der Waals surface area contributed by atoms with Crippen molar-refractivity contribution < 1.29 is 14.6 Å². The third-order valence-corrected chi connectivity index (χ3v) is 5.57. The van der Waals surface area contributed by atoms with E-state index >= 15 is 0 Å². The molecule has 1 atom stereocenters. The topological polar surface area (TPSA) is 87.7 Å². The Bertz CT molecular complexity index is 1030. The number of methoxy groups -OCH3 is 2. The van der Waals surface area contributed by atoms with Crippen LogP contribution in [0.15, 0.2) is 34.4 Å². The first-order valence-electron chi connectivity index (χ1n) is 9.95. The molecule has 0 saturated heterocycles. The van der Waals surface area contributed by atoms with Crippen LogP contribution in [0.2, 0.25) is 0 Å². The van der Waals surface area contributed by atoms with Crippen molar-refractivity contribution in [2.45, 2.75) is 26.5 Å². The molecule has 0 fully saturated rings. The highest BCUT2D eigenvalue weighted by molar-refractivity contribution is 7.17. The molecule has 2 aromatic heterocycles. The highest BCUT2D eigenvalue weighted by Gasteiger charge is 2.17. The van der Waals surface area contributed by atoms with Gasteiger partial charge in [-0.15, -0.1) is 11.3 Å². The molecular weight excluding hydrogens is 402 g/mol. The van der Waals surface area contributed by atoms with Gasteiger partial charge in [-0.3, -0.25) is 9.69 Å². The molecule has 7 nitrogen and oxygen atoms in total. The maximum atomic E-state index is 12.9. The zero-order chi connectivity index (χ0) is 21.7. The Morgan fingerprint density at radius 1 is 1.27 bits per heavy atom. The molecule has 0 aliphatic carbocycles. The summed E-state index contributed by atoms with van der Waals surface area (Å²) >= 11 is 1.45. The minimum absolute atomic E-state index is 0.156. The number of benzene rings is 1. The lowest BCUT2D eigenvalue weighted by molar-refractivity contribution is 0.0325. The summed E-state index contributed by atoms with van der Waals surface area (Å²) in [6, 6.07) is 7.65. The monoisotopic (exact) mass is 431 g/mol. The van der Waals surface area contributed by atoms with Gasteiger partial charge in [-0.1, -0.05) is 26.0 Å². The molecule has 3 aromatic rings. The smallest absolute Gasteiger partial charge is 0.260 e. The maximum Gasteiger partial charge on any atom is 0.260 e. The molecule has 0 amide bonds. The first-order chi connectivity index (χ1) is 14.4. The highest BCUT2D eigenvalue weighted by Crippen LogP contribution is 2.32. The fourth-order valence-corrected chi connectivity index (χ4v) is 4.51. The molecule has 0 bridgehead atoms. The molecule has 0 spiro atoms. The van der Waals surface area contributed by atoms with Crippen molar-refractivity contribution in [2.24, 2.45) is 5.92 Å². The quantitative estimate of drug-likeness (QED) is 0.513. The number of thiophene rings is 1. The molecule has 0 radical (unpaired) electrons. The first kappa shape index (κ1) is 22.4. The van der Waals surface area contributed by atoms with E-state index in [9.17, 15) is 9.90 Å². The van der Waals surface area contributed by atoms with Gasteiger partial charge in [0.05, 0.1) is 31.8 Å². The van der Waals surface area contributed by atoms with Crippen LogP contribution < -0.4 is 10.3 Å². The van der Waals surface area contributed by atoms with Gasteiger partial charge >= 0.3 is 0 Å². The third kappa shape index (κ3) is 5.46. The van der Waals surface area contributed by atoms with Crippen LogP contribution in [0.25, 0.3) is 21.3 Å². The van der Waals surface area contributed by atoms with E-state index in [1.807, 2.05) is 29.6 Å². The molecule has 2 heterocycles. The predicted octanol–water partition coefficient (Wildman–Crippen LogP) is 3.13. The molecule has 30 heavy (non-hydrogen) atoms. The van der Waals surface area contributed by atoms with Gasteiger partial charge in [-0.2, -0.15) is 0 Å². The van der Waals surface area contributed by atoms with E-state index in [1.54, 1.807) is 14.2 Å². The van der Waals surface area contributed by atoms with Crippen molar-refractivity contribution >= 4 is 21.6 Å². The molecule has 3 rings (SSSR count). The summed E-state index contributed by atoms with van der Waals surface area (Å²) in [7, 11) is 3.19. The van der Waals surface area contributed by atoms with Gasteiger partial charge in [-0.05, 0) is 23.6 Å². The zero-order valence-electron chi connectivity index (χ0n) is 17.8. The molecule has 1 aromatic carbocycles. The van der Waals surface area contributed by atoms with Crippen LogP contribution in [0.1, 0.15) is 19.7 Å². The lowest BCUT2D eigenvalue weighted by atomic mass is 10.1. The predicted molar refractivity (Wildman–Crippen MR) is 120 cm³/mol. The average molecular weight is 432 g/mol. The van der Waals surface area contributed by atoms with Gasteiger partial charge in [0.15, 0.2) is 0 Å². The minimum Gasteiger partial charge on any atom is -0.497 e. The Morgan fingerprint density at radius 2 is 2.07 bits per heavy atom. The number of aliphatic hydroxyl groups is 1. The van der Waals surface area contributed by atoms with Crippen LogP contribution >= 0.6 is 11.3 Å². The van der Waals surface area contributed by atoms with E-state index in [0.29, 0.717) is 35.0 Å². The molecule has 0 aliphatic rings. The maximum absolute atomic E-state index is 12.9. The summed E-state index contributed by atoms with van der Waals surface area (Å²) in [5, 5.41) is 12.7. The van der Waals surface area contributed by atoms with Crippen molar-refractivity contribution in [3.63, 3.8) is 0 Å². The van der Waals surface area contributed by atoms with Crippen molar-refractivity contribution in [3.8, 4) is 16.9 Å². The Balaban J connectivity index is 1.90. The van der Waals surface area contributed by atoms with E-state index in [1.165, 1.54) is 11.3 Å². The number of fused-ring (bicyclic) bond motifs is 1. The Labute approximate surface area is 180 Å². The Morgan fingerprint density at radius 3 is 2.77 bits per heavy atom. The molecule has 0 aliphatic heterocycles. The number of rotatable bonds is 10. The van der Waals surface area contributed by atoms with E-state index < -0.39 is 6.10 Å². The molecule has 0 saturated carbocycles. The van der Waals surface area contributed by atoms with E-state index in [0.717, 1.165) is 23.4 Å². The number of hydrogen-bond donors (Lipinski definition) is 2. The van der Waals surface area contributed by atoms with Crippen molar-refractivity contribution in [3.05, 3.63) is 45.8 Å². The molecule has 162 valence electrons. The van der Waals surface area contributed by atoms with Crippen molar-refractivity contribution in [1.82, 2.24) is 14.9 Å². The summed E-state index contributed by atoms with van der Waals surface area (Å²) in [4.78, 5) is 23.4. The minimum atomic E-state index is -0.592. The number of nitrogens with zero attached hydrogens (tertiary/aromatic N) is 2. The van der Waals surface area contributed by atoms with Crippen LogP contribution in [-0.2, 0) is 11.3 Å². The Hall–Kier alpha value is -2.26. The van der Waals surface area contributed by atoms with E-state index in [4.69, 9.17) is 14.5 Å². The van der Waals surface area contributed by atoms with Crippen molar-refractivity contribution in [1.29, 1.82) is 0 Å². The second-order valence-corrected chi connectivity index (χ2v) is 8.63. The van der Waals surface area contributed by atoms with Gasteiger partial charge in [-0.25, -0.2) is 4.98 Å².